The Balaban J connectivity index is 2.57. The van der Waals surface area contributed by atoms with Gasteiger partial charge in [-0.1, -0.05) is 54.6 Å². The molecule has 0 saturated heterocycles. The molecule has 1 heteroatoms. The standard InChI is InChI=1S/C13H10N/c14-10-12-8-4-5-9-13(12)11-6-2-1-3-7-11/h1-10H. The van der Waals surface area contributed by atoms with Crippen LogP contribution in [0, 0.1) is 0 Å². The van der Waals surface area contributed by atoms with Gasteiger partial charge < -0.3 is 0 Å². The minimum Gasteiger partial charge on any atom is -0.158 e. The van der Waals surface area contributed by atoms with Gasteiger partial charge in [-0.15, -0.1) is 0 Å². The Morgan fingerprint density at radius 1 is 0.786 bits per heavy atom. The van der Waals surface area contributed by atoms with Gasteiger partial charge in [0, 0.05) is 5.56 Å². The van der Waals surface area contributed by atoms with E-state index in [9.17, 15) is 0 Å². The molecule has 2 rings (SSSR count). The summed E-state index contributed by atoms with van der Waals surface area (Å²) in [7, 11) is 0. The topological polar surface area (TPSA) is 22.3 Å². The summed E-state index contributed by atoms with van der Waals surface area (Å²) in [4.78, 5) is 0. The molecular weight excluding hydrogens is 170 g/mol. The van der Waals surface area contributed by atoms with E-state index in [0.29, 0.717) is 0 Å². The average Bonchev–Trinajstić information content (AvgIpc) is 2.30. The van der Waals surface area contributed by atoms with E-state index < -0.39 is 0 Å². The van der Waals surface area contributed by atoms with Gasteiger partial charge >= 0.3 is 0 Å². The lowest BCUT2D eigenvalue weighted by Gasteiger charge is -2.04. The van der Waals surface area contributed by atoms with Crippen LogP contribution >= 0.6 is 0 Å². The monoisotopic (exact) mass is 180 g/mol. The largest absolute Gasteiger partial charge is 0.158 e. The first-order valence-electron chi connectivity index (χ1n) is 4.53. The molecule has 14 heavy (non-hydrogen) atoms. The second kappa shape index (κ2) is 3.88. The van der Waals surface area contributed by atoms with Crippen molar-refractivity contribution in [2.45, 2.75) is 0 Å². The van der Waals surface area contributed by atoms with Crippen molar-refractivity contribution in [1.29, 1.82) is 0 Å². The molecule has 0 saturated carbocycles. The van der Waals surface area contributed by atoms with Gasteiger partial charge in [-0.25, -0.2) is 0 Å². The summed E-state index contributed by atoms with van der Waals surface area (Å²) in [5, 5.41) is 9.05. The molecule has 67 valence electrons. The fourth-order valence-electron chi connectivity index (χ4n) is 1.49. The second-order valence-corrected chi connectivity index (χ2v) is 3.08. The molecule has 0 heterocycles. The summed E-state index contributed by atoms with van der Waals surface area (Å²) in [6.45, 7) is 0. The molecule has 0 amide bonds. The first kappa shape index (κ1) is 8.70. The number of hydrogen-bond acceptors (Lipinski definition) is 0. The van der Waals surface area contributed by atoms with Crippen molar-refractivity contribution in [2.75, 3.05) is 0 Å². The molecule has 0 atom stereocenters. The third-order valence-corrected chi connectivity index (χ3v) is 2.18. The van der Waals surface area contributed by atoms with Crippen molar-refractivity contribution in [3.05, 3.63) is 60.2 Å². The Labute approximate surface area is 83.5 Å². The molecule has 0 fully saturated rings. The molecule has 0 spiro atoms. The zero-order valence-electron chi connectivity index (χ0n) is 7.72. The van der Waals surface area contributed by atoms with Crippen LogP contribution in [0.3, 0.4) is 0 Å². The summed E-state index contributed by atoms with van der Waals surface area (Å²) >= 11 is 0. The van der Waals surface area contributed by atoms with Gasteiger partial charge in [0.1, 0.15) is 0 Å². The highest BCUT2D eigenvalue weighted by molar-refractivity contribution is 5.89. The second-order valence-electron chi connectivity index (χ2n) is 3.08. The van der Waals surface area contributed by atoms with Crippen LogP contribution in [0.25, 0.3) is 11.1 Å². The molecule has 0 aliphatic heterocycles. The highest BCUT2D eigenvalue weighted by atomic mass is 14.3. The molecule has 2 aromatic rings. The molecule has 0 bridgehead atoms. The van der Waals surface area contributed by atoms with Gasteiger partial charge in [-0.05, 0) is 11.1 Å². The minimum absolute atomic E-state index is 0.846. The lowest BCUT2D eigenvalue weighted by molar-refractivity contribution is 1.59. The van der Waals surface area contributed by atoms with Crippen LogP contribution in [0.1, 0.15) is 5.56 Å². The highest BCUT2D eigenvalue weighted by Crippen LogP contribution is 2.21. The van der Waals surface area contributed by atoms with Crippen molar-refractivity contribution < 1.29 is 0 Å². The van der Waals surface area contributed by atoms with E-state index >= 15 is 0 Å². The molecular formula is C13H10N. The quantitative estimate of drug-likeness (QED) is 0.634. The van der Waals surface area contributed by atoms with Crippen LogP contribution in [-0.4, -0.2) is 6.21 Å². The van der Waals surface area contributed by atoms with Crippen molar-refractivity contribution in [3.8, 4) is 11.1 Å². The van der Waals surface area contributed by atoms with Crippen LogP contribution in [0.5, 0.6) is 0 Å². The summed E-state index contributed by atoms with van der Waals surface area (Å²) < 4.78 is 0. The summed E-state index contributed by atoms with van der Waals surface area (Å²) in [5.74, 6) is 0. The molecule has 1 nitrogen and oxygen atoms in total. The van der Waals surface area contributed by atoms with E-state index in [4.69, 9.17) is 5.41 Å². The lowest BCUT2D eigenvalue weighted by atomic mass is 10.0. The Morgan fingerprint density at radius 3 is 2.14 bits per heavy atom. The van der Waals surface area contributed by atoms with Crippen molar-refractivity contribution >= 4 is 6.21 Å². The maximum atomic E-state index is 9.05. The first-order chi connectivity index (χ1) is 6.92. The summed E-state index contributed by atoms with van der Waals surface area (Å²) in [6, 6.07) is 17.8. The van der Waals surface area contributed by atoms with Crippen molar-refractivity contribution in [3.63, 3.8) is 0 Å². The van der Waals surface area contributed by atoms with E-state index in [2.05, 4.69) is 0 Å². The van der Waals surface area contributed by atoms with Crippen LogP contribution in [0.4, 0.5) is 0 Å². The van der Waals surface area contributed by atoms with Gasteiger partial charge in [0.15, 0.2) is 0 Å². The fourth-order valence-corrected chi connectivity index (χ4v) is 1.49. The lowest BCUT2D eigenvalue weighted by Crippen LogP contribution is -1.87. The van der Waals surface area contributed by atoms with Crippen LogP contribution in [0.2, 0.25) is 0 Å². The van der Waals surface area contributed by atoms with Crippen molar-refractivity contribution in [2.24, 2.45) is 0 Å². The molecule has 0 aromatic heterocycles. The van der Waals surface area contributed by atoms with Crippen LogP contribution < -0.4 is 5.41 Å². The average molecular weight is 180 g/mol. The molecule has 0 unspecified atom stereocenters. The van der Waals surface area contributed by atoms with Gasteiger partial charge in [-0.3, -0.25) is 0 Å². The maximum absolute atomic E-state index is 9.05. The van der Waals surface area contributed by atoms with Gasteiger partial charge in [-0.2, -0.15) is 5.41 Å². The third kappa shape index (κ3) is 1.57. The predicted octanol–water partition coefficient (Wildman–Crippen LogP) is 2.57. The van der Waals surface area contributed by atoms with Crippen molar-refractivity contribution in [1.82, 2.24) is 5.41 Å². The van der Waals surface area contributed by atoms with E-state index in [1.807, 2.05) is 54.6 Å². The van der Waals surface area contributed by atoms with Gasteiger partial charge in [0.2, 0.25) is 0 Å². The molecule has 0 aliphatic carbocycles. The molecule has 2 aromatic carbocycles. The van der Waals surface area contributed by atoms with Gasteiger partial charge in [0.05, 0.1) is 6.21 Å². The third-order valence-electron chi connectivity index (χ3n) is 2.18. The van der Waals surface area contributed by atoms with E-state index in [1.54, 1.807) is 0 Å². The Bertz CT molecular complexity index is 432. The maximum Gasteiger partial charge on any atom is 0.0574 e. The van der Waals surface area contributed by atoms with Crippen LogP contribution in [-0.2, 0) is 0 Å². The molecule has 1 radical (unpaired) electrons. The zero-order valence-corrected chi connectivity index (χ0v) is 7.72. The number of benzene rings is 2. The molecule has 0 N–H and O–H groups in total. The summed E-state index contributed by atoms with van der Waals surface area (Å²) in [6.07, 6.45) is 1.14. The van der Waals surface area contributed by atoms with E-state index in [-0.39, 0.29) is 0 Å². The Kier molecular flexibility index (Phi) is 2.41. The zero-order chi connectivity index (χ0) is 9.80. The Hall–Kier alpha value is -1.89. The first-order valence-corrected chi connectivity index (χ1v) is 4.53. The number of nitrogens with zero attached hydrogens (tertiary/aromatic N) is 1. The SMILES string of the molecule is [N]=Cc1ccccc1-c1ccccc1. The Morgan fingerprint density at radius 2 is 1.43 bits per heavy atom. The molecule has 0 aliphatic rings. The normalized spacial score (nSPS) is 9.71. The van der Waals surface area contributed by atoms with E-state index in [0.717, 1.165) is 22.9 Å². The fraction of sp³-hybridized carbons (Fsp3) is 0. The summed E-state index contributed by atoms with van der Waals surface area (Å²) in [5.41, 5.74) is 3.02. The van der Waals surface area contributed by atoms with Gasteiger partial charge in [0.25, 0.3) is 0 Å². The van der Waals surface area contributed by atoms with Crippen LogP contribution in [0.15, 0.2) is 54.6 Å². The smallest absolute Gasteiger partial charge is 0.0574 e. The predicted molar refractivity (Wildman–Crippen MR) is 59.2 cm³/mol. The number of hydrogen-bond donors (Lipinski definition) is 0. The number of rotatable bonds is 2. The van der Waals surface area contributed by atoms with E-state index in [1.165, 1.54) is 0 Å². The highest BCUT2D eigenvalue weighted by Gasteiger charge is 2.00. The minimum atomic E-state index is 0.846.